The molecule has 1 aromatic heterocycles. The van der Waals surface area contributed by atoms with Crippen LogP contribution in [0.5, 0.6) is 0 Å². The van der Waals surface area contributed by atoms with Crippen molar-refractivity contribution >= 4 is 23.2 Å². The molecule has 0 saturated carbocycles. The van der Waals surface area contributed by atoms with E-state index in [1.54, 1.807) is 30.3 Å². The fourth-order valence-corrected chi connectivity index (χ4v) is 2.55. The quantitative estimate of drug-likeness (QED) is 0.823. The first-order valence-corrected chi connectivity index (χ1v) is 7.86. The highest BCUT2D eigenvalue weighted by Gasteiger charge is 2.07. The first kappa shape index (κ1) is 16.2. The molecule has 0 spiro atoms. The Morgan fingerprint density at radius 3 is 2.59 bits per heavy atom. The Labute approximate surface area is 132 Å². The minimum atomic E-state index is -0.264. The van der Waals surface area contributed by atoms with Crippen LogP contribution in [0, 0.1) is 5.82 Å². The minimum absolute atomic E-state index is 0.164. The van der Waals surface area contributed by atoms with Crippen LogP contribution < -0.4 is 10.6 Å². The van der Waals surface area contributed by atoms with Crippen LogP contribution in [0.15, 0.2) is 41.8 Å². The average Bonchev–Trinajstić information content (AvgIpc) is 3.03. The molecule has 2 rings (SSSR count). The van der Waals surface area contributed by atoms with E-state index in [0.717, 1.165) is 0 Å². The predicted molar refractivity (Wildman–Crippen MR) is 84.4 cm³/mol. The van der Waals surface area contributed by atoms with Gasteiger partial charge in [0.15, 0.2) is 0 Å². The normalized spacial score (nSPS) is 10.2. The molecule has 0 fully saturated rings. The zero-order valence-corrected chi connectivity index (χ0v) is 12.8. The molecule has 0 aliphatic heterocycles. The Morgan fingerprint density at radius 2 is 1.86 bits per heavy atom. The summed E-state index contributed by atoms with van der Waals surface area (Å²) < 4.78 is 13.4. The van der Waals surface area contributed by atoms with E-state index in [2.05, 4.69) is 10.6 Å². The third kappa shape index (κ3) is 4.96. The van der Waals surface area contributed by atoms with E-state index in [4.69, 9.17) is 0 Å². The predicted octanol–water partition coefficient (Wildman–Crippen LogP) is 2.37. The van der Waals surface area contributed by atoms with Crippen molar-refractivity contribution in [3.05, 3.63) is 58.0 Å². The van der Waals surface area contributed by atoms with E-state index < -0.39 is 0 Å². The second-order valence-electron chi connectivity index (χ2n) is 4.67. The summed E-state index contributed by atoms with van der Waals surface area (Å²) in [5.41, 5.74) is 0.578. The number of rotatable bonds is 7. The van der Waals surface area contributed by atoms with Crippen molar-refractivity contribution in [1.29, 1.82) is 0 Å². The minimum Gasteiger partial charge on any atom is -0.356 e. The smallest absolute Gasteiger partial charge is 0.261 e. The van der Waals surface area contributed by atoms with E-state index in [1.807, 2.05) is 5.38 Å². The first-order chi connectivity index (χ1) is 10.7. The zero-order valence-electron chi connectivity index (χ0n) is 12.0. The average molecular weight is 320 g/mol. The van der Waals surface area contributed by atoms with Gasteiger partial charge in [0.2, 0.25) is 5.91 Å². The third-order valence-corrected chi connectivity index (χ3v) is 3.93. The van der Waals surface area contributed by atoms with Crippen LogP contribution in [0.25, 0.3) is 0 Å². The molecular weight excluding hydrogens is 303 g/mol. The molecule has 4 nitrogen and oxygen atoms in total. The summed E-state index contributed by atoms with van der Waals surface area (Å²) >= 11 is 1.35. The Bertz CT molecular complexity index is 629. The van der Waals surface area contributed by atoms with Gasteiger partial charge in [0.05, 0.1) is 4.88 Å². The number of hydrogen-bond acceptors (Lipinski definition) is 3. The fraction of sp³-hybridized carbons (Fsp3) is 0.250. The molecule has 0 radical (unpaired) electrons. The summed E-state index contributed by atoms with van der Waals surface area (Å²) in [5, 5.41) is 7.22. The molecular formula is C16H17FN2O2S. The molecule has 0 aliphatic carbocycles. The van der Waals surface area contributed by atoms with Crippen molar-refractivity contribution in [2.24, 2.45) is 0 Å². The molecule has 116 valence electrons. The number of carbonyl (C=O) groups is 2. The number of amides is 2. The van der Waals surface area contributed by atoms with Crippen LogP contribution in [-0.2, 0) is 11.2 Å². The molecule has 1 heterocycles. The fourth-order valence-electron chi connectivity index (χ4n) is 1.91. The van der Waals surface area contributed by atoms with Crippen molar-refractivity contribution in [3.8, 4) is 0 Å². The van der Waals surface area contributed by atoms with Crippen LogP contribution >= 0.6 is 11.3 Å². The molecule has 2 amide bonds. The SMILES string of the molecule is O=C(CCNC(=O)c1cccs1)NCCc1ccccc1F. The molecule has 0 bridgehead atoms. The Kier molecular flexibility index (Phi) is 6.09. The van der Waals surface area contributed by atoms with Crippen molar-refractivity contribution < 1.29 is 14.0 Å². The van der Waals surface area contributed by atoms with Gasteiger partial charge >= 0.3 is 0 Å². The van der Waals surface area contributed by atoms with Gasteiger partial charge in [-0.1, -0.05) is 24.3 Å². The van der Waals surface area contributed by atoms with E-state index in [-0.39, 0.29) is 30.6 Å². The number of benzene rings is 1. The monoisotopic (exact) mass is 320 g/mol. The Hall–Kier alpha value is -2.21. The summed E-state index contributed by atoms with van der Waals surface area (Å²) in [4.78, 5) is 23.9. The second-order valence-corrected chi connectivity index (χ2v) is 5.62. The maximum Gasteiger partial charge on any atom is 0.261 e. The van der Waals surface area contributed by atoms with Gasteiger partial charge in [0.25, 0.3) is 5.91 Å². The van der Waals surface area contributed by atoms with Crippen LogP contribution in [0.3, 0.4) is 0 Å². The largest absolute Gasteiger partial charge is 0.356 e. The lowest BCUT2D eigenvalue weighted by Crippen LogP contribution is -2.31. The van der Waals surface area contributed by atoms with Gasteiger partial charge in [-0.05, 0) is 29.5 Å². The van der Waals surface area contributed by atoms with E-state index >= 15 is 0 Å². The molecule has 0 unspecified atom stereocenters. The number of thiophene rings is 1. The molecule has 0 saturated heterocycles. The van der Waals surface area contributed by atoms with Gasteiger partial charge in [-0.15, -0.1) is 11.3 Å². The van der Waals surface area contributed by atoms with Gasteiger partial charge in [0, 0.05) is 19.5 Å². The number of halogens is 1. The Morgan fingerprint density at radius 1 is 1.05 bits per heavy atom. The summed E-state index contributed by atoms with van der Waals surface area (Å²) in [7, 11) is 0. The number of hydrogen-bond donors (Lipinski definition) is 2. The number of nitrogens with one attached hydrogen (secondary N) is 2. The molecule has 0 atom stereocenters. The van der Waals surface area contributed by atoms with Crippen LogP contribution in [0.4, 0.5) is 4.39 Å². The first-order valence-electron chi connectivity index (χ1n) is 6.98. The summed E-state index contributed by atoms with van der Waals surface area (Å²) in [5.74, 6) is -0.600. The highest BCUT2D eigenvalue weighted by molar-refractivity contribution is 7.12. The maximum absolute atomic E-state index is 13.4. The zero-order chi connectivity index (χ0) is 15.8. The summed E-state index contributed by atoms with van der Waals surface area (Å²) in [6.07, 6.45) is 0.647. The number of carbonyl (C=O) groups excluding carboxylic acids is 2. The third-order valence-electron chi connectivity index (χ3n) is 3.06. The van der Waals surface area contributed by atoms with Crippen molar-refractivity contribution in [3.63, 3.8) is 0 Å². The lowest BCUT2D eigenvalue weighted by Gasteiger charge is -2.07. The molecule has 6 heteroatoms. The topological polar surface area (TPSA) is 58.2 Å². The van der Waals surface area contributed by atoms with Gasteiger partial charge < -0.3 is 10.6 Å². The van der Waals surface area contributed by atoms with Crippen molar-refractivity contribution in [2.45, 2.75) is 12.8 Å². The van der Waals surface area contributed by atoms with E-state index in [9.17, 15) is 14.0 Å². The van der Waals surface area contributed by atoms with Crippen LogP contribution in [-0.4, -0.2) is 24.9 Å². The van der Waals surface area contributed by atoms with Gasteiger partial charge in [0.1, 0.15) is 5.82 Å². The molecule has 2 aromatic rings. The highest BCUT2D eigenvalue weighted by Crippen LogP contribution is 2.07. The standard InChI is InChI=1S/C16H17FN2O2S/c17-13-5-2-1-4-12(13)7-9-18-15(20)8-10-19-16(21)14-6-3-11-22-14/h1-6,11H,7-10H2,(H,18,20)(H,19,21). The van der Waals surface area contributed by atoms with Crippen LogP contribution in [0.2, 0.25) is 0 Å². The Balaban J connectivity index is 1.62. The van der Waals surface area contributed by atoms with Crippen LogP contribution in [0.1, 0.15) is 21.7 Å². The summed E-state index contributed by atoms with van der Waals surface area (Å²) in [6.45, 7) is 0.654. The molecule has 22 heavy (non-hydrogen) atoms. The highest BCUT2D eigenvalue weighted by atomic mass is 32.1. The van der Waals surface area contributed by atoms with Gasteiger partial charge in [-0.25, -0.2) is 4.39 Å². The van der Waals surface area contributed by atoms with Crippen molar-refractivity contribution in [1.82, 2.24) is 10.6 Å². The van der Waals surface area contributed by atoms with Gasteiger partial charge in [-0.3, -0.25) is 9.59 Å². The summed E-state index contributed by atoms with van der Waals surface area (Å²) in [6, 6.07) is 10.0. The lowest BCUT2D eigenvalue weighted by molar-refractivity contribution is -0.120. The molecule has 2 N–H and O–H groups in total. The maximum atomic E-state index is 13.4. The molecule has 1 aromatic carbocycles. The lowest BCUT2D eigenvalue weighted by atomic mass is 10.1. The van der Waals surface area contributed by atoms with Crippen molar-refractivity contribution in [2.75, 3.05) is 13.1 Å². The molecule has 0 aliphatic rings. The van der Waals surface area contributed by atoms with E-state index in [1.165, 1.54) is 17.4 Å². The van der Waals surface area contributed by atoms with E-state index in [0.29, 0.717) is 23.4 Å². The van der Waals surface area contributed by atoms with Gasteiger partial charge in [-0.2, -0.15) is 0 Å². The second kappa shape index (κ2) is 8.29.